The Hall–Kier alpha value is -3.91. The molecule has 4 aromatic rings. The number of hydrogen-bond donors (Lipinski definition) is 1. The number of aliphatic hydroxyl groups is 1. The summed E-state index contributed by atoms with van der Waals surface area (Å²) >= 11 is 0. The summed E-state index contributed by atoms with van der Waals surface area (Å²) in [6.07, 6.45) is -4.52. The largest absolute Gasteiger partial charge is 0.423 e. The Kier molecular flexibility index (Phi) is 5.79. The van der Waals surface area contributed by atoms with Crippen LogP contribution in [0.5, 0.6) is 0 Å². The van der Waals surface area contributed by atoms with Crippen LogP contribution in [-0.2, 0) is 12.1 Å². The fourth-order valence-electron chi connectivity index (χ4n) is 3.61. The fourth-order valence-corrected chi connectivity index (χ4v) is 3.61. The molecule has 6 nitrogen and oxygen atoms in total. The van der Waals surface area contributed by atoms with Crippen LogP contribution in [0.3, 0.4) is 0 Å². The third-order valence-corrected chi connectivity index (χ3v) is 5.51. The Morgan fingerprint density at radius 3 is 2.47 bits per heavy atom. The maximum absolute atomic E-state index is 13.8. The molecular weight excluding hydrogens is 457 g/mol. The van der Waals surface area contributed by atoms with Gasteiger partial charge in [0.05, 0.1) is 18.3 Å². The summed E-state index contributed by atoms with van der Waals surface area (Å²) in [5.41, 5.74) is -1.92. The van der Waals surface area contributed by atoms with Crippen molar-refractivity contribution in [3.63, 3.8) is 0 Å². The summed E-state index contributed by atoms with van der Waals surface area (Å²) in [6, 6.07) is 11.7. The van der Waals surface area contributed by atoms with Crippen molar-refractivity contribution in [2.75, 3.05) is 0 Å². The summed E-state index contributed by atoms with van der Waals surface area (Å²) in [7, 11) is 0. The molecule has 0 spiro atoms. The SMILES string of the molecule is CC[C@](O)(c1cn(Cc2ccc3c(-c4ccc(F)c(F)c4)cc(C#N)nc3c2)nn1)C(F)(F)F. The summed E-state index contributed by atoms with van der Waals surface area (Å²) in [5, 5.41) is 27.2. The molecular formula is C23H16F5N5O. The van der Waals surface area contributed by atoms with Gasteiger partial charge in [0.1, 0.15) is 17.5 Å². The number of aromatic nitrogens is 4. The summed E-state index contributed by atoms with van der Waals surface area (Å²) in [6.45, 7) is 1.21. The van der Waals surface area contributed by atoms with Crippen molar-refractivity contribution in [2.45, 2.75) is 31.7 Å². The number of alkyl halides is 3. The van der Waals surface area contributed by atoms with E-state index in [1.807, 2.05) is 6.07 Å². The van der Waals surface area contributed by atoms with Gasteiger partial charge in [-0.2, -0.15) is 18.4 Å². The van der Waals surface area contributed by atoms with E-state index in [2.05, 4.69) is 15.3 Å². The van der Waals surface area contributed by atoms with Crippen LogP contribution in [-0.4, -0.2) is 31.3 Å². The summed E-state index contributed by atoms with van der Waals surface area (Å²) in [4.78, 5) is 4.25. The lowest BCUT2D eigenvalue weighted by Gasteiger charge is -2.26. The average molecular weight is 473 g/mol. The van der Waals surface area contributed by atoms with Crippen molar-refractivity contribution < 1.29 is 27.1 Å². The fraction of sp³-hybridized carbons (Fsp3) is 0.217. The van der Waals surface area contributed by atoms with Gasteiger partial charge in [-0.25, -0.2) is 18.4 Å². The van der Waals surface area contributed by atoms with Crippen LogP contribution in [0.15, 0.2) is 48.7 Å². The van der Waals surface area contributed by atoms with Crippen LogP contribution in [0.25, 0.3) is 22.0 Å². The second kappa shape index (κ2) is 8.46. The zero-order valence-electron chi connectivity index (χ0n) is 17.6. The molecule has 11 heteroatoms. The number of rotatable bonds is 5. The molecule has 1 N–H and O–H groups in total. The first-order valence-electron chi connectivity index (χ1n) is 10.0. The quantitative estimate of drug-likeness (QED) is 0.419. The summed E-state index contributed by atoms with van der Waals surface area (Å²) in [5.74, 6) is -2.04. The van der Waals surface area contributed by atoms with E-state index < -0.39 is 35.5 Å². The highest BCUT2D eigenvalue weighted by Crippen LogP contribution is 2.40. The highest BCUT2D eigenvalue weighted by atomic mass is 19.4. The lowest BCUT2D eigenvalue weighted by atomic mass is 9.96. The molecule has 0 radical (unpaired) electrons. The molecule has 0 aliphatic heterocycles. The number of nitrogens with zero attached hydrogens (tertiary/aromatic N) is 5. The molecule has 2 aromatic heterocycles. The monoisotopic (exact) mass is 473 g/mol. The minimum absolute atomic E-state index is 0.0135. The number of nitriles is 1. The minimum Gasteiger partial charge on any atom is -0.375 e. The Morgan fingerprint density at radius 1 is 1.06 bits per heavy atom. The standard InChI is InChI=1S/C23H16F5N5O/c1-2-22(34,23(26,27)28)21-12-33(32-31-21)11-13-3-5-16-17(9-15(10-29)30-20(16)7-13)14-4-6-18(24)19(25)8-14/h3-9,12,34H,2,11H2,1H3/t22-/m0/s1. The predicted octanol–water partition coefficient (Wildman–Crippen LogP) is 4.85. The Labute approximate surface area is 189 Å². The number of pyridine rings is 1. The molecule has 1 atom stereocenters. The van der Waals surface area contributed by atoms with Gasteiger partial charge in [-0.15, -0.1) is 5.10 Å². The molecule has 34 heavy (non-hydrogen) atoms. The Morgan fingerprint density at radius 2 is 1.82 bits per heavy atom. The van der Waals surface area contributed by atoms with E-state index in [9.17, 15) is 32.3 Å². The molecule has 0 aliphatic rings. The first-order chi connectivity index (χ1) is 16.1. The van der Waals surface area contributed by atoms with Crippen LogP contribution in [0.1, 0.15) is 30.3 Å². The smallest absolute Gasteiger partial charge is 0.375 e. The van der Waals surface area contributed by atoms with Gasteiger partial charge < -0.3 is 5.11 Å². The van der Waals surface area contributed by atoms with Gasteiger partial charge in [0.2, 0.25) is 5.60 Å². The van der Waals surface area contributed by atoms with E-state index >= 15 is 0 Å². The highest BCUT2D eigenvalue weighted by Gasteiger charge is 2.55. The molecule has 0 saturated heterocycles. The van der Waals surface area contributed by atoms with Crippen LogP contribution in [0, 0.1) is 23.0 Å². The van der Waals surface area contributed by atoms with E-state index in [1.165, 1.54) is 19.1 Å². The Bertz CT molecular complexity index is 1430. The average Bonchev–Trinajstić information content (AvgIpc) is 3.27. The van der Waals surface area contributed by atoms with Gasteiger partial charge in [-0.05, 0) is 47.4 Å². The van der Waals surface area contributed by atoms with E-state index in [0.29, 0.717) is 27.6 Å². The van der Waals surface area contributed by atoms with Gasteiger partial charge in [0, 0.05) is 5.39 Å². The molecule has 0 bridgehead atoms. The van der Waals surface area contributed by atoms with E-state index in [1.54, 1.807) is 18.2 Å². The third-order valence-electron chi connectivity index (χ3n) is 5.51. The van der Waals surface area contributed by atoms with Crippen molar-refractivity contribution in [1.82, 2.24) is 20.0 Å². The maximum atomic E-state index is 13.8. The van der Waals surface area contributed by atoms with Crippen molar-refractivity contribution in [3.8, 4) is 17.2 Å². The van der Waals surface area contributed by atoms with E-state index in [0.717, 1.165) is 23.0 Å². The van der Waals surface area contributed by atoms with Crippen molar-refractivity contribution >= 4 is 10.9 Å². The second-order valence-corrected chi connectivity index (χ2v) is 7.66. The predicted molar refractivity (Wildman–Crippen MR) is 111 cm³/mol. The maximum Gasteiger partial charge on any atom is 0.423 e. The first kappa shape index (κ1) is 23.3. The number of hydrogen-bond acceptors (Lipinski definition) is 5. The molecule has 2 heterocycles. The van der Waals surface area contributed by atoms with Gasteiger partial charge >= 0.3 is 6.18 Å². The number of fused-ring (bicyclic) bond motifs is 1. The molecule has 0 amide bonds. The molecule has 2 aromatic carbocycles. The van der Waals surface area contributed by atoms with Crippen molar-refractivity contribution in [1.29, 1.82) is 5.26 Å². The first-order valence-corrected chi connectivity index (χ1v) is 10.0. The molecule has 0 fully saturated rings. The molecule has 4 rings (SSSR count). The lowest BCUT2D eigenvalue weighted by molar-refractivity contribution is -0.269. The van der Waals surface area contributed by atoms with E-state index in [-0.39, 0.29) is 12.2 Å². The Balaban J connectivity index is 1.72. The third kappa shape index (κ3) is 4.08. The van der Waals surface area contributed by atoms with E-state index in [4.69, 9.17) is 0 Å². The van der Waals surface area contributed by atoms with Crippen molar-refractivity contribution in [3.05, 3.63) is 77.2 Å². The summed E-state index contributed by atoms with van der Waals surface area (Å²) < 4.78 is 68.2. The molecule has 0 saturated carbocycles. The van der Waals surface area contributed by atoms with Crippen LogP contribution in [0.2, 0.25) is 0 Å². The second-order valence-electron chi connectivity index (χ2n) is 7.66. The van der Waals surface area contributed by atoms with Gasteiger partial charge in [-0.3, -0.25) is 0 Å². The van der Waals surface area contributed by atoms with Gasteiger partial charge in [-0.1, -0.05) is 30.3 Å². The number of halogens is 5. The zero-order chi connectivity index (χ0) is 24.7. The topological polar surface area (TPSA) is 87.6 Å². The van der Waals surface area contributed by atoms with Crippen LogP contribution < -0.4 is 0 Å². The zero-order valence-corrected chi connectivity index (χ0v) is 17.6. The molecule has 174 valence electrons. The highest BCUT2D eigenvalue weighted by molar-refractivity contribution is 5.95. The molecule has 0 unspecified atom stereocenters. The number of benzene rings is 2. The molecule has 0 aliphatic carbocycles. The minimum atomic E-state index is -4.92. The van der Waals surface area contributed by atoms with Crippen LogP contribution in [0.4, 0.5) is 22.0 Å². The van der Waals surface area contributed by atoms with Crippen molar-refractivity contribution in [2.24, 2.45) is 0 Å². The van der Waals surface area contributed by atoms with Gasteiger partial charge in [0.25, 0.3) is 0 Å². The van der Waals surface area contributed by atoms with Crippen LogP contribution >= 0.6 is 0 Å². The van der Waals surface area contributed by atoms with Gasteiger partial charge in [0.15, 0.2) is 11.6 Å². The lowest BCUT2D eigenvalue weighted by Crippen LogP contribution is -2.42. The normalized spacial score (nSPS) is 13.6.